The molecule has 1 aromatic heterocycles. The fourth-order valence-electron chi connectivity index (χ4n) is 4.22. The molecule has 0 unspecified atom stereocenters. The lowest BCUT2D eigenvalue weighted by atomic mass is 9.97. The molecule has 1 aliphatic heterocycles. The van der Waals surface area contributed by atoms with Crippen molar-refractivity contribution < 1.29 is 13.2 Å². The molecule has 1 amide bonds. The number of piperidine rings is 1. The van der Waals surface area contributed by atoms with E-state index < -0.39 is 10.0 Å². The van der Waals surface area contributed by atoms with Crippen molar-refractivity contribution >= 4 is 43.2 Å². The number of carbonyl (C=O) groups excluding carboxylic acids is 1. The topological polar surface area (TPSA) is 79.4 Å². The van der Waals surface area contributed by atoms with Crippen LogP contribution in [0.1, 0.15) is 18.4 Å². The molecule has 2 heterocycles. The molecule has 0 bridgehead atoms. The SMILES string of the molecule is Cc1ccc(S(=O)(=O)N2CCC(C(=O)Nc3ccccc3-c3nc4ccccc4s3)CC2)cc1. The van der Waals surface area contributed by atoms with Crippen LogP contribution in [0, 0.1) is 12.8 Å². The molecule has 1 saturated heterocycles. The molecular weight excluding hydrogens is 466 g/mol. The second kappa shape index (κ2) is 9.29. The lowest BCUT2D eigenvalue weighted by Crippen LogP contribution is -2.41. The Hall–Kier alpha value is -3.07. The summed E-state index contributed by atoms with van der Waals surface area (Å²) in [5.41, 5.74) is 3.56. The second-order valence-electron chi connectivity index (χ2n) is 8.51. The summed E-state index contributed by atoms with van der Waals surface area (Å²) < 4.78 is 28.5. The summed E-state index contributed by atoms with van der Waals surface area (Å²) >= 11 is 1.59. The van der Waals surface area contributed by atoms with Crippen LogP contribution in [0.4, 0.5) is 5.69 Å². The molecule has 1 fully saturated rings. The van der Waals surface area contributed by atoms with E-state index in [0.717, 1.165) is 32.0 Å². The van der Waals surface area contributed by atoms with Crippen LogP contribution in [0.2, 0.25) is 0 Å². The number of nitrogens with one attached hydrogen (secondary N) is 1. The van der Waals surface area contributed by atoms with Crippen LogP contribution in [-0.2, 0) is 14.8 Å². The molecule has 5 rings (SSSR count). The summed E-state index contributed by atoms with van der Waals surface area (Å²) in [5, 5.41) is 3.93. The van der Waals surface area contributed by atoms with Crippen molar-refractivity contribution in [3.05, 3.63) is 78.4 Å². The minimum absolute atomic E-state index is 0.0825. The van der Waals surface area contributed by atoms with Crippen LogP contribution < -0.4 is 5.32 Å². The molecule has 0 aliphatic carbocycles. The van der Waals surface area contributed by atoms with Crippen LogP contribution >= 0.6 is 11.3 Å². The zero-order chi connectivity index (χ0) is 23.7. The van der Waals surface area contributed by atoms with Gasteiger partial charge in [-0.3, -0.25) is 4.79 Å². The normalized spacial score (nSPS) is 15.4. The molecular formula is C26H25N3O3S2. The quantitative estimate of drug-likeness (QED) is 0.410. The van der Waals surface area contributed by atoms with Gasteiger partial charge in [0.05, 0.1) is 20.8 Å². The maximum atomic E-state index is 13.1. The van der Waals surface area contributed by atoms with Crippen molar-refractivity contribution in [2.75, 3.05) is 18.4 Å². The highest BCUT2D eigenvalue weighted by Gasteiger charge is 2.32. The number of anilines is 1. The van der Waals surface area contributed by atoms with Gasteiger partial charge in [-0.1, -0.05) is 42.0 Å². The molecule has 6 nitrogen and oxygen atoms in total. The number of aromatic nitrogens is 1. The van der Waals surface area contributed by atoms with Crippen LogP contribution in [0.3, 0.4) is 0 Å². The van der Waals surface area contributed by atoms with Gasteiger partial charge in [-0.25, -0.2) is 13.4 Å². The van der Waals surface area contributed by atoms with Gasteiger partial charge in [-0.05, 0) is 56.2 Å². The van der Waals surface area contributed by atoms with Gasteiger partial charge in [0.1, 0.15) is 5.01 Å². The monoisotopic (exact) mass is 491 g/mol. The first kappa shape index (κ1) is 22.7. The lowest BCUT2D eigenvalue weighted by Gasteiger charge is -2.30. The van der Waals surface area contributed by atoms with Crippen molar-refractivity contribution in [3.8, 4) is 10.6 Å². The number of para-hydroxylation sites is 2. The van der Waals surface area contributed by atoms with E-state index in [-0.39, 0.29) is 11.8 Å². The van der Waals surface area contributed by atoms with Gasteiger partial charge in [0.25, 0.3) is 0 Å². The third-order valence-electron chi connectivity index (χ3n) is 6.19. The van der Waals surface area contributed by atoms with Gasteiger partial charge in [0.15, 0.2) is 0 Å². The Kier molecular flexibility index (Phi) is 6.20. The third-order valence-corrected chi connectivity index (χ3v) is 9.18. The molecule has 0 atom stereocenters. The zero-order valence-electron chi connectivity index (χ0n) is 18.8. The van der Waals surface area contributed by atoms with Gasteiger partial charge in [-0.15, -0.1) is 11.3 Å². The minimum atomic E-state index is -3.55. The molecule has 34 heavy (non-hydrogen) atoms. The molecule has 0 radical (unpaired) electrons. The number of aryl methyl sites for hydroxylation is 1. The zero-order valence-corrected chi connectivity index (χ0v) is 20.4. The fraction of sp³-hybridized carbons (Fsp3) is 0.231. The smallest absolute Gasteiger partial charge is 0.243 e. The van der Waals surface area contributed by atoms with E-state index >= 15 is 0 Å². The summed E-state index contributed by atoms with van der Waals surface area (Å²) in [6, 6.07) is 22.5. The minimum Gasteiger partial charge on any atom is -0.325 e. The van der Waals surface area contributed by atoms with Crippen molar-refractivity contribution in [1.29, 1.82) is 0 Å². The summed E-state index contributed by atoms with van der Waals surface area (Å²) in [5.74, 6) is -0.325. The fourth-order valence-corrected chi connectivity index (χ4v) is 6.69. The Morgan fingerprint density at radius 1 is 0.971 bits per heavy atom. The van der Waals surface area contributed by atoms with Gasteiger partial charge in [0, 0.05) is 24.6 Å². The van der Waals surface area contributed by atoms with Gasteiger partial charge in [-0.2, -0.15) is 4.31 Å². The van der Waals surface area contributed by atoms with Crippen LogP contribution in [0.5, 0.6) is 0 Å². The predicted octanol–water partition coefficient (Wildman–Crippen LogP) is 5.31. The highest BCUT2D eigenvalue weighted by Crippen LogP contribution is 2.35. The first-order chi connectivity index (χ1) is 16.4. The summed E-state index contributed by atoms with van der Waals surface area (Å²) in [6.45, 7) is 2.58. The number of hydrogen-bond donors (Lipinski definition) is 1. The standard InChI is InChI=1S/C26H25N3O3S2/c1-18-10-12-20(13-11-18)34(31,32)29-16-14-19(15-17-29)25(30)27-22-7-3-2-6-21(22)26-28-23-8-4-5-9-24(23)33-26/h2-13,19H,14-17H2,1H3,(H,27,30). The van der Waals surface area contributed by atoms with Crippen LogP contribution in [-0.4, -0.2) is 36.7 Å². The Balaban J connectivity index is 1.28. The lowest BCUT2D eigenvalue weighted by molar-refractivity contribution is -0.120. The summed E-state index contributed by atoms with van der Waals surface area (Å²) in [4.78, 5) is 18.1. The number of carbonyl (C=O) groups is 1. The van der Waals surface area contributed by atoms with Crippen molar-refractivity contribution in [2.24, 2.45) is 5.92 Å². The molecule has 1 N–H and O–H groups in total. The van der Waals surface area contributed by atoms with E-state index in [2.05, 4.69) is 5.32 Å². The molecule has 174 valence electrons. The largest absolute Gasteiger partial charge is 0.325 e. The average Bonchev–Trinajstić information content (AvgIpc) is 3.29. The molecule has 0 saturated carbocycles. The third kappa shape index (κ3) is 4.49. The number of amides is 1. The number of fused-ring (bicyclic) bond motifs is 1. The molecule has 1 aliphatic rings. The highest BCUT2D eigenvalue weighted by atomic mass is 32.2. The first-order valence-electron chi connectivity index (χ1n) is 11.2. The van der Waals surface area contributed by atoms with E-state index in [9.17, 15) is 13.2 Å². The van der Waals surface area contributed by atoms with Crippen LogP contribution in [0.25, 0.3) is 20.8 Å². The number of benzene rings is 3. The average molecular weight is 492 g/mol. The predicted molar refractivity (Wildman–Crippen MR) is 136 cm³/mol. The number of hydrogen-bond acceptors (Lipinski definition) is 5. The van der Waals surface area contributed by atoms with E-state index in [0.29, 0.717) is 30.8 Å². The molecule has 8 heteroatoms. The number of thiazole rings is 1. The summed E-state index contributed by atoms with van der Waals surface area (Å²) in [7, 11) is -3.55. The Labute approximate surface area is 203 Å². The first-order valence-corrected chi connectivity index (χ1v) is 13.5. The highest BCUT2D eigenvalue weighted by molar-refractivity contribution is 7.89. The Morgan fingerprint density at radius 2 is 1.65 bits per heavy atom. The van der Waals surface area contributed by atoms with E-state index in [1.807, 2.05) is 55.5 Å². The summed E-state index contributed by atoms with van der Waals surface area (Å²) in [6.07, 6.45) is 0.973. The number of sulfonamides is 1. The Morgan fingerprint density at radius 3 is 2.38 bits per heavy atom. The van der Waals surface area contributed by atoms with Gasteiger partial charge in [0.2, 0.25) is 15.9 Å². The van der Waals surface area contributed by atoms with E-state index in [1.165, 1.54) is 4.31 Å². The van der Waals surface area contributed by atoms with Gasteiger partial charge < -0.3 is 5.32 Å². The molecule has 0 spiro atoms. The van der Waals surface area contributed by atoms with Gasteiger partial charge >= 0.3 is 0 Å². The molecule has 3 aromatic carbocycles. The number of rotatable bonds is 5. The van der Waals surface area contributed by atoms with Crippen LogP contribution in [0.15, 0.2) is 77.7 Å². The maximum absolute atomic E-state index is 13.1. The number of nitrogens with zero attached hydrogens (tertiary/aromatic N) is 2. The maximum Gasteiger partial charge on any atom is 0.243 e. The van der Waals surface area contributed by atoms with Crippen molar-refractivity contribution in [1.82, 2.24) is 9.29 Å². The van der Waals surface area contributed by atoms with Crippen molar-refractivity contribution in [2.45, 2.75) is 24.7 Å². The molecule has 4 aromatic rings. The second-order valence-corrected chi connectivity index (χ2v) is 11.5. The van der Waals surface area contributed by atoms with E-state index in [4.69, 9.17) is 4.98 Å². The van der Waals surface area contributed by atoms with Crippen molar-refractivity contribution in [3.63, 3.8) is 0 Å². The Bertz CT molecular complexity index is 1400. The van der Waals surface area contributed by atoms with E-state index in [1.54, 1.807) is 35.6 Å².